The number of hydrogen-bond donors (Lipinski definition) is 1. The molecule has 2 aromatic carbocycles. The Morgan fingerprint density at radius 1 is 1.00 bits per heavy atom. The fourth-order valence-electron chi connectivity index (χ4n) is 3.43. The van der Waals surface area contributed by atoms with E-state index < -0.39 is 21.5 Å². The molecule has 0 aliphatic carbocycles. The number of benzene rings is 2. The number of amides is 1. The molecule has 2 aromatic heterocycles. The van der Waals surface area contributed by atoms with E-state index in [1.54, 1.807) is 41.3 Å². The van der Waals surface area contributed by atoms with Crippen molar-refractivity contribution in [2.75, 3.05) is 5.75 Å². The highest BCUT2D eigenvalue weighted by Gasteiger charge is 2.19. The zero-order valence-electron chi connectivity index (χ0n) is 18.1. The lowest BCUT2D eigenvalue weighted by Gasteiger charge is -2.07. The molecule has 0 bridgehead atoms. The van der Waals surface area contributed by atoms with Crippen LogP contribution in [0.25, 0.3) is 16.9 Å². The van der Waals surface area contributed by atoms with Gasteiger partial charge in [-0.25, -0.2) is 13.1 Å². The summed E-state index contributed by atoms with van der Waals surface area (Å²) in [6, 6.07) is 21.5. The molecule has 34 heavy (non-hydrogen) atoms. The molecule has 1 N–H and O–H groups in total. The maximum absolute atomic E-state index is 12.5. The Morgan fingerprint density at radius 3 is 2.38 bits per heavy atom. The molecule has 1 amide bonds. The number of nitrogens with one attached hydrogen (secondary N) is 1. The summed E-state index contributed by atoms with van der Waals surface area (Å²) in [6.07, 6.45) is 5.14. The molecule has 4 aromatic rings. The van der Waals surface area contributed by atoms with E-state index in [1.807, 2.05) is 54.7 Å². The normalized spacial score (nSPS) is 11.0. The molecule has 170 valence electrons. The highest BCUT2D eigenvalue weighted by molar-refractivity contribution is 7.91. The largest absolute Gasteiger partial charge is 0.351 e. The number of nitrogens with zero attached hydrogens (tertiary/aromatic N) is 4. The van der Waals surface area contributed by atoms with E-state index >= 15 is 0 Å². The summed E-state index contributed by atoms with van der Waals surface area (Å²) in [5, 5.41) is 16.2. The van der Waals surface area contributed by atoms with Crippen LogP contribution in [0.1, 0.15) is 16.7 Å². The third-order valence-electron chi connectivity index (χ3n) is 5.06. The number of hydrogen-bond acceptors (Lipinski definition) is 6. The summed E-state index contributed by atoms with van der Waals surface area (Å²) in [5.41, 5.74) is 4.08. The molecule has 0 radical (unpaired) electrons. The van der Waals surface area contributed by atoms with Crippen LogP contribution in [0.5, 0.6) is 0 Å². The number of nitriles is 1. The molecule has 9 heteroatoms. The average Bonchev–Trinajstić information content (AvgIpc) is 3.28. The van der Waals surface area contributed by atoms with Gasteiger partial charge in [-0.1, -0.05) is 30.3 Å². The molecule has 0 spiro atoms. The van der Waals surface area contributed by atoms with Crippen molar-refractivity contribution >= 4 is 15.7 Å². The third kappa shape index (κ3) is 5.74. The monoisotopic (exact) mass is 471 g/mol. The first-order chi connectivity index (χ1) is 16.4. The lowest BCUT2D eigenvalue weighted by molar-refractivity contribution is -0.118. The molecule has 0 saturated heterocycles. The predicted octanol–water partition coefficient (Wildman–Crippen LogP) is 3.04. The Balaban J connectivity index is 1.47. The molecular weight excluding hydrogens is 450 g/mol. The fraction of sp³-hybridized carbons (Fsp3) is 0.120. The van der Waals surface area contributed by atoms with Gasteiger partial charge in [0.05, 0.1) is 28.8 Å². The Kier molecular flexibility index (Phi) is 6.80. The van der Waals surface area contributed by atoms with Crippen molar-refractivity contribution in [1.82, 2.24) is 20.1 Å². The van der Waals surface area contributed by atoms with Crippen LogP contribution in [0.2, 0.25) is 0 Å². The van der Waals surface area contributed by atoms with Crippen molar-refractivity contribution in [2.45, 2.75) is 12.3 Å². The second-order valence-corrected chi connectivity index (χ2v) is 9.70. The van der Waals surface area contributed by atoms with Crippen LogP contribution in [0, 0.1) is 11.3 Å². The van der Waals surface area contributed by atoms with Gasteiger partial charge in [-0.3, -0.25) is 9.78 Å². The number of para-hydroxylation sites is 1. The standard InChI is InChI=1S/C25H21N5O3S/c26-14-19-6-8-20(9-7-19)17-34(32,33)18-24(31)28-15-22-16-30(23-4-2-1-3-5-23)29-25(22)21-10-12-27-13-11-21/h1-13,16H,15,17-18H2,(H,28,31). The molecular formula is C25H21N5O3S. The quantitative estimate of drug-likeness (QED) is 0.422. The van der Waals surface area contributed by atoms with Gasteiger partial charge in [-0.2, -0.15) is 10.4 Å². The van der Waals surface area contributed by atoms with Crippen LogP contribution in [0.4, 0.5) is 0 Å². The summed E-state index contributed by atoms with van der Waals surface area (Å²) in [7, 11) is -3.68. The fourth-order valence-corrected chi connectivity index (χ4v) is 4.73. The van der Waals surface area contributed by atoms with Crippen LogP contribution >= 0.6 is 0 Å². The van der Waals surface area contributed by atoms with E-state index in [-0.39, 0.29) is 12.3 Å². The summed E-state index contributed by atoms with van der Waals surface area (Å²) in [4.78, 5) is 16.5. The summed E-state index contributed by atoms with van der Waals surface area (Å²) < 4.78 is 26.7. The van der Waals surface area contributed by atoms with Crippen molar-refractivity contribution < 1.29 is 13.2 Å². The van der Waals surface area contributed by atoms with Crippen molar-refractivity contribution in [3.05, 3.63) is 102 Å². The predicted molar refractivity (Wildman–Crippen MR) is 127 cm³/mol. The number of rotatable bonds is 8. The topological polar surface area (TPSA) is 118 Å². The summed E-state index contributed by atoms with van der Waals surface area (Å²) >= 11 is 0. The van der Waals surface area contributed by atoms with Gasteiger partial charge in [-0.05, 0) is 42.0 Å². The summed E-state index contributed by atoms with van der Waals surface area (Å²) in [5.74, 6) is -1.51. The van der Waals surface area contributed by atoms with Crippen LogP contribution in [-0.2, 0) is 26.9 Å². The number of sulfone groups is 1. The van der Waals surface area contributed by atoms with E-state index in [0.29, 0.717) is 16.8 Å². The minimum Gasteiger partial charge on any atom is -0.351 e. The zero-order valence-corrected chi connectivity index (χ0v) is 18.9. The first kappa shape index (κ1) is 22.9. The van der Waals surface area contributed by atoms with Crippen LogP contribution in [-0.4, -0.2) is 34.8 Å². The van der Waals surface area contributed by atoms with Gasteiger partial charge >= 0.3 is 0 Å². The molecule has 0 atom stereocenters. The minimum atomic E-state index is -3.68. The minimum absolute atomic E-state index is 0.121. The van der Waals surface area contributed by atoms with E-state index in [2.05, 4.69) is 15.4 Å². The number of carbonyl (C=O) groups is 1. The number of aromatic nitrogens is 3. The molecule has 4 rings (SSSR count). The smallest absolute Gasteiger partial charge is 0.235 e. The van der Waals surface area contributed by atoms with Crippen molar-refractivity contribution in [3.8, 4) is 23.0 Å². The zero-order chi connectivity index (χ0) is 24.0. The van der Waals surface area contributed by atoms with E-state index in [0.717, 1.165) is 16.8 Å². The lowest BCUT2D eigenvalue weighted by atomic mass is 10.1. The van der Waals surface area contributed by atoms with Gasteiger partial charge in [0.25, 0.3) is 0 Å². The van der Waals surface area contributed by atoms with Crippen LogP contribution in [0.3, 0.4) is 0 Å². The SMILES string of the molecule is N#Cc1ccc(CS(=O)(=O)CC(=O)NCc2cn(-c3ccccc3)nc2-c2ccncc2)cc1. The molecule has 0 aliphatic heterocycles. The van der Waals surface area contributed by atoms with Crippen LogP contribution in [0.15, 0.2) is 85.3 Å². The average molecular weight is 472 g/mol. The van der Waals surface area contributed by atoms with Crippen molar-refractivity contribution in [1.29, 1.82) is 5.26 Å². The Labute approximate surface area is 197 Å². The lowest BCUT2D eigenvalue weighted by Crippen LogP contribution is -2.30. The first-order valence-corrected chi connectivity index (χ1v) is 12.3. The van der Waals surface area contributed by atoms with E-state index in [4.69, 9.17) is 5.26 Å². The first-order valence-electron chi connectivity index (χ1n) is 10.4. The van der Waals surface area contributed by atoms with Gasteiger partial charge in [0.2, 0.25) is 5.91 Å². The van der Waals surface area contributed by atoms with Gasteiger partial charge in [0.15, 0.2) is 9.84 Å². The second-order valence-electron chi connectivity index (χ2n) is 7.64. The van der Waals surface area contributed by atoms with Crippen LogP contribution < -0.4 is 5.32 Å². The number of pyridine rings is 1. The van der Waals surface area contributed by atoms with Gasteiger partial charge in [-0.15, -0.1) is 0 Å². The second kappa shape index (κ2) is 10.1. The van der Waals surface area contributed by atoms with Crippen molar-refractivity contribution in [3.63, 3.8) is 0 Å². The maximum atomic E-state index is 12.5. The number of carbonyl (C=O) groups excluding carboxylic acids is 1. The van der Waals surface area contributed by atoms with E-state index in [1.165, 1.54) is 0 Å². The van der Waals surface area contributed by atoms with Crippen molar-refractivity contribution in [2.24, 2.45) is 0 Å². The highest BCUT2D eigenvalue weighted by Crippen LogP contribution is 2.23. The van der Waals surface area contributed by atoms with Gasteiger partial charge in [0, 0.05) is 36.3 Å². The van der Waals surface area contributed by atoms with Gasteiger partial charge in [0.1, 0.15) is 5.75 Å². The molecule has 0 fully saturated rings. The Morgan fingerprint density at radius 2 is 1.71 bits per heavy atom. The molecule has 0 aliphatic rings. The third-order valence-corrected chi connectivity index (χ3v) is 6.54. The molecule has 8 nitrogen and oxygen atoms in total. The summed E-state index contributed by atoms with van der Waals surface area (Å²) in [6.45, 7) is 0.121. The van der Waals surface area contributed by atoms with Gasteiger partial charge < -0.3 is 5.32 Å². The maximum Gasteiger partial charge on any atom is 0.235 e. The Bertz CT molecular complexity index is 1430. The molecule has 0 unspecified atom stereocenters. The molecule has 2 heterocycles. The Hall–Kier alpha value is -4.29. The molecule has 0 saturated carbocycles. The van der Waals surface area contributed by atoms with E-state index in [9.17, 15) is 13.2 Å². The highest BCUT2D eigenvalue weighted by atomic mass is 32.2.